The number of piperidine rings is 1. The van der Waals surface area contributed by atoms with Gasteiger partial charge in [0, 0.05) is 23.0 Å². The van der Waals surface area contributed by atoms with E-state index < -0.39 is 0 Å². The molecule has 1 amide bonds. The molecule has 2 bridgehead atoms. The fourth-order valence-electron chi connectivity index (χ4n) is 3.56. The Morgan fingerprint density at radius 2 is 1.84 bits per heavy atom. The van der Waals surface area contributed by atoms with Crippen molar-refractivity contribution >= 4 is 17.5 Å². The van der Waals surface area contributed by atoms with Crippen LogP contribution in [0.15, 0.2) is 18.2 Å². The summed E-state index contributed by atoms with van der Waals surface area (Å²) in [7, 11) is 0. The first-order valence-electron chi connectivity index (χ1n) is 7.11. The van der Waals surface area contributed by atoms with Crippen LogP contribution in [0.5, 0.6) is 0 Å². The standard InChI is InChI=1S/C16H20ClNO/c1-10-4-3-5-15(11(10)2)16(19)18-13-6-7-14(18)9-12(17)8-13/h3-5,12-14H,6-9H2,1-2H3. The van der Waals surface area contributed by atoms with E-state index in [-0.39, 0.29) is 11.3 Å². The van der Waals surface area contributed by atoms with Gasteiger partial charge in [0.2, 0.25) is 0 Å². The van der Waals surface area contributed by atoms with Crippen LogP contribution in [0.2, 0.25) is 0 Å². The maximum absolute atomic E-state index is 12.8. The molecule has 0 aliphatic carbocycles. The van der Waals surface area contributed by atoms with E-state index in [1.807, 2.05) is 19.1 Å². The van der Waals surface area contributed by atoms with Gasteiger partial charge in [-0.05, 0) is 56.7 Å². The lowest BCUT2D eigenvalue weighted by molar-refractivity contribution is 0.0598. The number of rotatable bonds is 1. The third kappa shape index (κ3) is 2.16. The molecule has 2 heterocycles. The van der Waals surface area contributed by atoms with E-state index in [1.165, 1.54) is 5.56 Å². The van der Waals surface area contributed by atoms with Crippen LogP contribution in [0.25, 0.3) is 0 Å². The highest BCUT2D eigenvalue weighted by molar-refractivity contribution is 6.20. The number of alkyl halides is 1. The normalized spacial score (nSPS) is 29.6. The lowest BCUT2D eigenvalue weighted by atomic mass is 9.98. The molecule has 0 radical (unpaired) electrons. The molecule has 0 aromatic heterocycles. The number of halogens is 1. The number of benzene rings is 1. The van der Waals surface area contributed by atoms with Gasteiger partial charge in [-0.3, -0.25) is 4.79 Å². The topological polar surface area (TPSA) is 20.3 Å². The van der Waals surface area contributed by atoms with E-state index in [0.29, 0.717) is 12.1 Å². The van der Waals surface area contributed by atoms with Gasteiger partial charge < -0.3 is 4.90 Å². The first-order valence-corrected chi connectivity index (χ1v) is 7.54. The fourth-order valence-corrected chi connectivity index (χ4v) is 3.98. The minimum Gasteiger partial charge on any atom is -0.333 e. The quantitative estimate of drug-likeness (QED) is 0.717. The van der Waals surface area contributed by atoms with Gasteiger partial charge in [-0.2, -0.15) is 0 Å². The van der Waals surface area contributed by atoms with Crippen LogP contribution in [0, 0.1) is 13.8 Å². The average Bonchev–Trinajstić information content (AvgIpc) is 2.64. The smallest absolute Gasteiger partial charge is 0.254 e. The maximum atomic E-state index is 12.8. The number of fused-ring (bicyclic) bond motifs is 2. The monoisotopic (exact) mass is 277 g/mol. The summed E-state index contributed by atoms with van der Waals surface area (Å²) in [5, 5.41) is 0.250. The number of aryl methyl sites for hydroxylation is 1. The molecule has 3 heteroatoms. The second kappa shape index (κ2) is 4.82. The van der Waals surface area contributed by atoms with Gasteiger partial charge in [0.25, 0.3) is 5.91 Å². The van der Waals surface area contributed by atoms with Crippen molar-refractivity contribution in [1.29, 1.82) is 0 Å². The second-order valence-corrected chi connectivity index (χ2v) is 6.53. The first-order chi connectivity index (χ1) is 9.08. The molecule has 2 saturated heterocycles. The van der Waals surface area contributed by atoms with Gasteiger partial charge in [0.05, 0.1) is 0 Å². The Morgan fingerprint density at radius 1 is 1.21 bits per heavy atom. The van der Waals surface area contributed by atoms with E-state index in [9.17, 15) is 4.79 Å². The van der Waals surface area contributed by atoms with Gasteiger partial charge in [0.1, 0.15) is 0 Å². The number of amides is 1. The molecule has 2 fully saturated rings. The molecule has 1 aromatic rings. The highest BCUT2D eigenvalue weighted by atomic mass is 35.5. The molecule has 1 aromatic carbocycles. The fraction of sp³-hybridized carbons (Fsp3) is 0.562. The summed E-state index contributed by atoms with van der Waals surface area (Å²) in [5.74, 6) is 0.206. The highest BCUT2D eigenvalue weighted by Crippen LogP contribution is 2.39. The molecule has 2 nitrogen and oxygen atoms in total. The first kappa shape index (κ1) is 13.0. The van der Waals surface area contributed by atoms with Gasteiger partial charge in [-0.15, -0.1) is 11.6 Å². The zero-order valence-corrected chi connectivity index (χ0v) is 12.3. The van der Waals surface area contributed by atoms with Gasteiger partial charge in [0.15, 0.2) is 0 Å². The molecule has 2 unspecified atom stereocenters. The zero-order valence-electron chi connectivity index (χ0n) is 11.5. The largest absolute Gasteiger partial charge is 0.333 e. The van der Waals surface area contributed by atoms with Crippen LogP contribution in [-0.4, -0.2) is 28.3 Å². The van der Waals surface area contributed by atoms with Crippen LogP contribution in [0.4, 0.5) is 0 Å². The van der Waals surface area contributed by atoms with Crippen LogP contribution >= 0.6 is 11.6 Å². The van der Waals surface area contributed by atoms with Crippen molar-refractivity contribution in [1.82, 2.24) is 4.90 Å². The summed E-state index contributed by atoms with van der Waals surface area (Å²) >= 11 is 6.28. The van der Waals surface area contributed by atoms with Crippen molar-refractivity contribution in [3.05, 3.63) is 34.9 Å². The molecule has 102 valence electrons. The Hall–Kier alpha value is -1.02. The summed E-state index contributed by atoms with van der Waals surface area (Å²) in [4.78, 5) is 14.9. The average molecular weight is 278 g/mol. The van der Waals surface area contributed by atoms with Gasteiger partial charge in [-0.1, -0.05) is 12.1 Å². The Labute approximate surface area is 119 Å². The summed E-state index contributed by atoms with van der Waals surface area (Å²) in [6, 6.07) is 6.70. The second-order valence-electron chi connectivity index (χ2n) is 5.91. The molecular weight excluding hydrogens is 258 g/mol. The van der Waals surface area contributed by atoms with Gasteiger partial charge >= 0.3 is 0 Å². The number of carbonyl (C=O) groups excluding carboxylic acids is 1. The number of nitrogens with zero attached hydrogens (tertiary/aromatic N) is 1. The minimum atomic E-state index is 0.206. The van der Waals surface area contributed by atoms with Crippen LogP contribution in [0.1, 0.15) is 47.2 Å². The Balaban J connectivity index is 1.91. The molecule has 3 rings (SSSR count). The number of carbonyl (C=O) groups is 1. The van der Waals surface area contributed by atoms with E-state index >= 15 is 0 Å². The van der Waals surface area contributed by atoms with Crippen molar-refractivity contribution in [2.24, 2.45) is 0 Å². The highest BCUT2D eigenvalue weighted by Gasteiger charge is 2.43. The van der Waals surface area contributed by atoms with E-state index in [2.05, 4.69) is 17.9 Å². The van der Waals surface area contributed by atoms with E-state index in [4.69, 9.17) is 11.6 Å². The molecule has 0 N–H and O–H groups in total. The van der Waals surface area contributed by atoms with Crippen molar-refractivity contribution in [3.63, 3.8) is 0 Å². The summed E-state index contributed by atoms with van der Waals surface area (Å²) in [6.07, 6.45) is 4.14. The molecular formula is C16H20ClNO. The minimum absolute atomic E-state index is 0.206. The van der Waals surface area contributed by atoms with Crippen molar-refractivity contribution in [2.45, 2.75) is 57.0 Å². The third-order valence-corrected chi connectivity index (χ3v) is 5.10. The lowest BCUT2D eigenvalue weighted by Gasteiger charge is -2.37. The predicted octanol–water partition coefficient (Wildman–Crippen LogP) is 3.68. The van der Waals surface area contributed by atoms with Crippen LogP contribution < -0.4 is 0 Å². The number of hydrogen-bond acceptors (Lipinski definition) is 1. The molecule has 2 aliphatic heterocycles. The third-order valence-electron chi connectivity index (χ3n) is 4.75. The van der Waals surface area contributed by atoms with Crippen LogP contribution in [0.3, 0.4) is 0 Å². The van der Waals surface area contributed by atoms with Crippen LogP contribution in [-0.2, 0) is 0 Å². The SMILES string of the molecule is Cc1cccc(C(=O)N2C3CCC2CC(Cl)C3)c1C. The van der Waals surface area contributed by atoms with Crippen molar-refractivity contribution in [2.75, 3.05) is 0 Å². The molecule has 0 saturated carbocycles. The van der Waals surface area contributed by atoms with Crippen molar-refractivity contribution < 1.29 is 4.79 Å². The Kier molecular flexibility index (Phi) is 3.30. The Morgan fingerprint density at radius 3 is 2.47 bits per heavy atom. The predicted molar refractivity (Wildman–Crippen MR) is 77.8 cm³/mol. The molecule has 19 heavy (non-hydrogen) atoms. The molecule has 2 atom stereocenters. The number of hydrogen-bond donors (Lipinski definition) is 0. The summed E-state index contributed by atoms with van der Waals surface area (Å²) in [5.41, 5.74) is 3.16. The van der Waals surface area contributed by atoms with E-state index in [1.54, 1.807) is 0 Å². The van der Waals surface area contributed by atoms with Gasteiger partial charge in [-0.25, -0.2) is 0 Å². The van der Waals surface area contributed by atoms with Crippen molar-refractivity contribution in [3.8, 4) is 0 Å². The van der Waals surface area contributed by atoms with E-state index in [0.717, 1.165) is 36.8 Å². The maximum Gasteiger partial charge on any atom is 0.254 e. The summed E-state index contributed by atoms with van der Waals surface area (Å²) < 4.78 is 0. The zero-order chi connectivity index (χ0) is 13.6. The lowest BCUT2D eigenvalue weighted by Crippen LogP contribution is -2.47. The molecule has 2 aliphatic rings. The molecule has 0 spiro atoms. The summed E-state index contributed by atoms with van der Waals surface area (Å²) in [6.45, 7) is 4.10. The Bertz CT molecular complexity index is 499.